The Morgan fingerprint density at radius 3 is 2.48 bits per heavy atom. The molecule has 5 rings (SSSR count). The van der Waals surface area contributed by atoms with E-state index < -0.39 is 5.91 Å². The molecule has 9 nitrogen and oxygen atoms in total. The molecule has 0 unspecified atom stereocenters. The van der Waals surface area contributed by atoms with Crippen molar-refractivity contribution in [1.29, 1.82) is 0 Å². The maximum atomic E-state index is 13.2. The van der Waals surface area contributed by atoms with E-state index in [0.29, 0.717) is 17.9 Å². The standard InChI is InChI=1S/C31H28N4O5/c1-38-25-15-13-22(14-16-25)28-18-27(24-12-11-21-7-3-4-8-23(21)17-24)34-35(28)31(37)20-40-32-19-30(36)33-26-9-5-6-10-29(26)39-2/h3-17,19,28H,18,20H2,1-2H3,(H,33,36)/b32-19-/t28-/m1/s1. The molecule has 0 bridgehead atoms. The van der Waals surface area contributed by atoms with Crippen LogP contribution in [0, 0.1) is 0 Å². The highest BCUT2D eigenvalue weighted by Crippen LogP contribution is 2.34. The third kappa shape index (κ3) is 5.94. The predicted octanol–water partition coefficient (Wildman–Crippen LogP) is 5.18. The number of nitrogens with zero attached hydrogens (tertiary/aromatic N) is 3. The summed E-state index contributed by atoms with van der Waals surface area (Å²) in [5.74, 6) is 0.322. The first-order valence-electron chi connectivity index (χ1n) is 12.7. The number of nitrogens with one attached hydrogen (secondary N) is 1. The Hall–Kier alpha value is -5.18. The van der Waals surface area contributed by atoms with Crippen molar-refractivity contribution in [3.63, 3.8) is 0 Å². The summed E-state index contributed by atoms with van der Waals surface area (Å²) in [5.41, 5.74) is 3.14. The van der Waals surface area contributed by atoms with Crippen molar-refractivity contribution in [2.45, 2.75) is 12.5 Å². The second-order valence-corrected chi connectivity index (χ2v) is 9.04. The van der Waals surface area contributed by atoms with E-state index in [1.165, 1.54) is 12.1 Å². The number of fused-ring (bicyclic) bond motifs is 1. The smallest absolute Gasteiger partial charge is 0.283 e. The number of ether oxygens (including phenoxy) is 2. The first-order chi connectivity index (χ1) is 19.6. The van der Waals surface area contributed by atoms with Crippen molar-refractivity contribution in [2.75, 3.05) is 26.1 Å². The molecule has 4 aromatic rings. The number of para-hydroxylation sites is 2. The largest absolute Gasteiger partial charge is 0.497 e. The van der Waals surface area contributed by atoms with Gasteiger partial charge < -0.3 is 19.6 Å². The maximum Gasteiger partial charge on any atom is 0.283 e. The van der Waals surface area contributed by atoms with Crippen LogP contribution < -0.4 is 14.8 Å². The third-order valence-corrected chi connectivity index (χ3v) is 6.55. The Kier molecular flexibility index (Phi) is 8.01. The van der Waals surface area contributed by atoms with E-state index >= 15 is 0 Å². The van der Waals surface area contributed by atoms with Gasteiger partial charge in [0.25, 0.3) is 11.8 Å². The molecule has 40 heavy (non-hydrogen) atoms. The molecule has 0 saturated heterocycles. The minimum atomic E-state index is -0.522. The molecule has 2 amide bonds. The highest BCUT2D eigenvalue weighted by molar-refractivity contribution is 6.31. The first kappa shape index (κ1) is 26.4. The number of anilines is 1. The van der Waals surface area contributed by atoms with Gasteiger partial charge in [0.2, 0.25) is 0 Å². The average molecular weight is 537 g/mol. The van der Waals surface area contributed by atoms with Crippen LogP contribution >= 0.6 is 0 Å². The van der Waals surface area contributed by atoms with Gasteiger partial charge in [-0.05, 0) is 52.2 Å². The van der Waals surface area contributed by atoms with E-state index in [1.54, 1.807) is 31.4 Å². The van der Waals surface area contributed by atoms with Gasteiger partial charge in [-0.15, -0.1) is 0 Å². The molecule has 1 aliphatic rings. The fourth-order valence-corrected chi connectivity index (χ4v) is 4.53. The van der Waals surface area contributed by atoms with Gasteiger partial charge in [-0.1, -0.05) is 65.8 Å². The van der Waals surface area contributed by atoms with Crippen LogP contribution in [-0.4, -0.2) is 49.6 Å². The molecule has 0 spiro atoms. The van der Waals surface area contributed by atoms with Gasteiger partial charge in [0, 0.05) is 6.42 Å². The zero-order chi connectivity index (χ0) is 27.9. The molecule has 0 radical (unpaired) electrons. The number of hydrazone groups is 1. The summed E-state index contributed by atoms with van der Waals surface area (Å²) in [6.07, 6.45) is 1.50. The summed E-state index contributed by atoms with van der Waals surface area (Å²) in [4.78, 5) is 30.7. The molecule has 4 aromatic carbocycles. The van der Waals surface area contributed by atoms with Crippen molar-refractivity contribution in [2.24, 2.45) is 10.3 Å². The topological polar surface area (TPSA) is 102 Å². The number of carbonyl (C=O) groups is 2. The fraction of sp³-hybridized carbons (Fsp3) is 0.161. The molecule has 9 heteroatoms. The normalized spacial score (nSPS) is 14.7. The van der Waals surface area contributed by atoms with Gasteiger partial charge in [-0.25, -0.2) is 5.01 Å². The summed E-state index contributed by atoms with van der Waals surface area (Å²) < 4.78 is 10.5. The van der Waals surface area contributed by atoms with Crippen LogP contribution in [-0.2, 0) is 14.4 Å². The summed E-state index contributed by atoms with van der Waals surface area (Å²) in [5, 5.41) is 14.7. The SMILES string of the molecule is COc1ccc([C@H]2CC(c3ccc4ccccc4c3)=NN2C(=O)CO/N=C\C(=O)Nc2ccccc2OC)cc1. The van der Waals surface area contributed by atoms with Gasteiger partial charge >= 0.3 is 0 Å². The number of carbonyl (C=O) groups excluding carboxylic acids is 2. The highest BCUT2D eigenvalue weighted by Gasteiger charge is 2.33. The van der Waals surface area contributed by atoms with Crippen molar-refractivity contribution in [3.05, 3.63) is 102 Å². The highest BCUT2D eigenvalue weighted by atomic mass is 16.6. The van der Waals surface area contributed by atoms with E-state index in [0.717, 1.165) is 39.6 Å². The zero-order valence-electron chi connectivity index (χ0n) is 22.1. The quantitative estimate of drug-likeness (QED) is 0.235. The van der Waals surface area contributed by atoms with Gasteiger partial charge in [-0.3, -0.25) is 9.59 Å². The van der Waals surface area contributed by atoms with E-state index in [4.69, 9.17) is 19.4 Å². The molecule has 0 saturated carbocycles. The lowest BCUT2D eigenvalue weighted by molar-refractivity contribution is -0.138. The molecule has 202 valence electrons. The summed E-state index contributed by atoms with van der Waals surface area (Å²) >= 11 is 0. The van der Waals surface area contributed by atoms with Gasteiger partial charge in [0.1, 0.15) is 17.7 Å². The summed E-state index contributed by atoms with van der Waals surface area (Å²) in [7, 11) is 3.12. The number of hydrogen-bond acceptors (Lipinski definition) is 7. The third-order valence-electron chi connectivity index (χ3n) is 6.55. The van der Waals surface area contributed by atoms with E-state index in [1.807, 2.05) is 54.6 Å². The van der Waals surface area contributed by atoms with E-state index in [2.05, 4.69) is 22.6 Å². The molecule has 0 fully saturated rings. The lowest BCUT2D eigenvalue weighted by atomic mass is 9.97. The van der Waals surface area contributed by atoms with E-state index in [9.17, 15) is 9.59 Å². The zero-order valence-corrected chi connectivity index (χ0v) is 22.1. The lowest BCUT2D eigenvalue weighted by Crippen LogP contribution is -2.30. The molecular weight excluding hydrogens is 508 g/mol. The van der Waals surface area contributed by atoms with Crippen molar-refractivity contribution < 1.29 is 23.9 Å². The van der Waals surface area contributed by atoms with Gasteiger partial charge in [-0.2, -0.15) is 5.10 Å². The van der Waals surface area contributed by atoms with Crippen LogP contribution in [0.5, 0.6) is 11.5 Å². The van der Waals surface area contributed by atoms with Crippen LogP contribution in [0.15, 0.2) is 101 Å². The van der Waals surface area contributed by atoms with Crippen LogP contribution in [0.2, 0.25) is 0 Å². The van der Waals surface area contributed by atoms with Crippen molar-refractivity contribution >= 4 is 40.2 Å². The van der Waals surface area contributed by atoms with Crippen molar-refractivity contribution in [1.82, 2.24) is 5.01 Å². The Balaban J connectivity index is 1.30. The van der Waals surface area contributed by atoms with Crippen molar-refractivity contribution in [3.8, 4) is 11.5 Å². The molecule has 1 aliphatic heterocycles. The Morgan fingerprint density at radius 1 is 0.950 bits per heavy atom. The predicted molar refractivity (Wildman–Crippen MR) is 154 cm³/mol. The molecule has 1 N–H and O–H groups in total. The van der Waals surface area contributed by atoms with Crippen LogP contribution in [0.3, 0.4) is 0 Å². The second kappa shape index (κ2) is 12.1. The minimum Gasteiger partial charge on any atom is -0.497 e. The first-order valence-corrected chi connectivity index (χ1v) is 12.7. The Labute approximate surface area is 231 Å². The number of methoxy groups -OCH3 is 2. The monoisotopic (exact) mass is 536 g/mol. The number of oxime groups is 1. The Morgan fingerprint density at radius 2 is 1.70 bits per heavy atom. The number of amides is 2. The van der Waals surface area contributed by atoms with Crippen LogP contribution in [0.1, 0.15) is 23.6 Å². The maximum absolute atomic E-state index is 13.2. The molecule has 0 aliphatic carbocycles. The second-order valence-electron chi connectivity index (χ2n) is 9.04. The number of benzene rings is 4. The summed E-state index contributed by atoms with van der Waals surface area (Å²) in [6, 6.07) is 28.5. The molecule has 1 atom stereocenters. The van der Waals surface area contributed by atoms with E-state index in [-0.39, 0.29) is 18.6 Å². The number of hydrogen-bond donors (Lipinski definition) is 1. The fourth-order valence-electron chi connectivity index (χ4n) is 4.53. The molecular formula is C31H28N4O5. The molecule has 1 heterocycles. The minimum absolute atomic E-state index is 0.332. The van der Waals surface area contributed by atoms with Crippen LogP contribution in [0.4, 0.5) is 5.69 Å². The summed E-state index contributed by atoms with van der Waals surface area (Å²) in [6.45, 7) is -0.389. The van der Waals surface area contributed by atoms with Crippen LogP contribution in [0.25, 0.3) is 10.8 Å². The molecule has 0 aromatic heterocycles. The lowest BCUT2D eigenvalue weighted by Gasteiger charge is -2.21. The van der Waals surface area contributed by atoms with Gasteiger partial charge in [0.05, 0.1) is 31.7 Å². The average Bonchev–Trinajstić information content (AvgIpc) is 3.45. The van der Waals surface area contributed by atoms with Gasteiger partial charge in [0.15, 0.2) is 6.61 Å². The Bertz CT molecular complexity index is 1580. The number of rotatable bonds is 9.